The Balaban J connectivity index is 2.02. The maximum absolute atomic E-state index is 10.9. The van der Waals surface area contributed by atoms with Crippen molar-refractivity contribution in [2.75, 3.05) is 23.7 Å². The molecule has 2 rings (SSSR count). The predicted octanol–water partition coefficient (Wildman–Crippen LogP) is 2.37. The van der Waals surface area contributed by atoms with Gasteiger partial charge in [0.15, 0.2) is 5.82 Å². The van der Waals surface area contributed by atoms with E-state index in [2.05, 4.69) is 20.8 Å². The van der Waals surface area contributed by atoms with Crippen LogP contribution in [-0.2, 0) is 6.42 Å². The summed E-state index contributed by atoms with van der Waals surface area (Å²) < 4.78 is 4.88. The minimum Gasteiger partial charge on any atom is -0.385 e. The molecule has 2 N–H and O–H groups in total. The number of aryl methyl sites for hydroxylation is 1. The van der Waals surface area contributed by atoms with E-state index in [1.165, 1.54) is 12.1 Å². The van der Waals surface area contributed by atoms with Crippen LogP contribution in [0.1, 0.15) is 18.6 Å². The van der Waals surface area contributed by atoms with E-state index in [0.717, 1.165) is 0 Å². The smallest absolute Gasteiger partial charge is 0.273 e. The number of hydrogen-bond donors (Lipinski definition) is 2. The molecule has 0 saturated heterocycles. The van der Waals surface area contributed by atoms with E-state index in [4.69, 9.17) is 4.52 Å². The van der Waals surface area contributed by atoms with Gasteiger partial charge in [-0.05, 0) is 13.0 Å². The highest BCUT2D eigenvalue weighted by Crippen LogP contribution is 2.24. The van der Waals surface area contributed by atoms with Crippen molar-refractivity contribution < 1.29 is 9.45 Å². The fraction of sp³-hybridized carbons (Fsp3) is 0.385. The highest BCUT2D eigenvalue weighted by Gasteiger charge is 2.10. The molecule has 1 aromatic heterocycles. The molecule has 8 nitrogen and oxygen atoms in total. The summed E-state index contributed by atoms with van der Waals surface area (Å²) in [5, 5.41) is 20.9. The van der Waals surface area contributed by atoms with Crippen LogP contribution < -0.4 is 10.6 Å². The molecule has 1 aromatic carbocycles. The molecule has 21 heavy (non-hydrogen) atoms. The first kappa shape index (κ1) is 14.8. The summed E-state index contributed by atoms with van der Waals surface area (Å²) >= 11 is 0. The first-order valence-corrected chi connectivity index (χ1v) is 6.65. The average molecular weight is 291 g/mol. The van der Waals surface area contributed by atoms with Gasteiger partial charge >= 0.3 is 0 Å². The molecule has 0 bridgehead atoms. The van der Waals surface area contributed by atoms with Crippen molar-refractivity contribution >= 4 is 17.1 Å². The van der Waals surface area contributed by atoms with Crippen LogP contribution in [0.15, 0.2) is 22.7 Å². The number of benzene rings is 1. The normalized spacial score (nSPS) is 10.4. The van der Waals surface area contributed by atoms with Gasteiger partial charge in [-0.1, -0.05) is 5.16 Å². The van der Waals surface area contributed by atoms with E-state index in [1.54, 1.807) is 6.92 Å². The Morgan fingerprint density at radius 1 is 1.29 bits per heavy atom. The number of nitrogens with zero attached hydrogens (tertiary/aromatic N) is 3. The monoisotopic (exact) mass is 291 g/mol. The molecule has 112 valence electrons. The lowest BCUT2D eigenvalue weighted by atomic mass is 10.2. The summed E-state index contributed by atoms with van der Waals surface area (Å²) in [6, 6.07) is 4.84. The zero-order chi connectivity index (χ0) is 15.2. The topological polar surface area (TPSA) is 106 Å². The van der Waals surface area contributed by atoms with Crippen molar-refractivity contribution in [3.8, 4) is 0 Å². The molecule has 2 aromatic rings. The number of nitro groups is 1. The molecule has 0 saturated carbocycles. The van der Waals surface area contributed by atoms with Gasteiger partial charge in [-0.3, -0.25) is 10.1 Å². The van der Waals surface area contributed by atoms with Crippen LogP contribution in [0, 0.1) is 17.0 Å². The Labute approximate surface area is 121 Å². The van der Waals surface area contributed by atoms with Gasteiger partial charge in [0.1, 0.15) is 0 Å². The van der Waals surface area contributed by atoms with Gasteiger partial charge in [0.05, 0.1) is 4.92 Å². The third kappa shape index (κ3) is 4.16. The van der Waals surface area contributed by atoms with Crippen molar-refractivity contribution in [3.63, 3.8) is 0 Å². The number of hydrogen-bond acceptors (Lipinski definition) is 7. The van der Waals surface area contributed by atoms with Crippen LogP contribution in [0.4, 0.5) is 17.1 Å². The highest BCUT2D eigenvalue weighted by atomic mass is 16.6. The zero-order valence-electron chi connectivity index (χ0n) is 11.9. The van der Waals surface area contributed by atoms with Crippen molar-refractivity contribution in [2.24, 2.45) is 0 Å². The minimum absolute atomic E-state index is 0.0476. The van der Waals surface area contributed by atoms with Gasteiger partial charge in [0.25, 0.3) is 5.69 Å². The summed E-state index contributed by atoms with van der Waals surface area (Å²) in [5.74, 6) is 1.13. The SMILES string of the molecule is CCNc1cc(NCCc2noc(C)n2)cc([N+](=O)[O-])c1. The number of non-ortho nitro benzene ring substituents is 1. The molecule has 8 heteroatoms. The molecule has 0 aliphatic carbocycles. The Morgan fingerprint density at radius 3 is 2.57 bits per heavy atom. The fourth-order valence-corrected chi connectivity index (χ4v) is 1.89. The molecule has 1 heterocycles. The van der Waals surface area contributed by atoms with Crippen molar-refractivity contribution in [1.82, 2.24) is 10.1 Å². The molecule has 0 amide bonds. The molecule has 0 aliphatic rings. The van der Waals surface area contributed by atoms with Crippen LogP contribution >= 0.6 is 0 Å². The summed E-state index contributed by atoms with van der Waals surface area (Å²) in [6.45, 7) is 4.92. The zero-order valence-corrected chi connectivity index (χ0v) is 11.9. The van der Waals surface area contributed by atoms with Crippen LogP contribution in [0.5, 0.6) is 0 Å². The minimum atomic E-state index is -0.408. The number of rotatable bonds is 7. The number of anilines is 2. The van der Waals surface area contributed by atoms with Gasteiger partial charge in [-0.15, -0.1) is 0 Å². The Morgan fingerprint density at radius 2 is 2.00 bits per heavy atom. The van der Waals surface area contributed by atoms with E-state index in [1.807, 2.05) is 13.0 Å². The van der Waals surface area contributed by atoms with E-state index < -0.39 is 4.92 Å². The van der Waals surface area contributed by atoms with Crippen LogP contribution in [0.2, 0.25) is 0 Å². The number of nitro benzene ring substituents is 1. The summed E-state index contributed by atoms with van der Waals surface area (Å²) in [4.78, 5) is 14.6. The molecule has 0 unspecified atom stereocenters. The van der Waals surface area contributed by atoms with E-state index in [0.29, 0.717) is 42.6 Å². The summed E-state index contributed by atoms with van der Waals surface area (Å²) in [7, 11) is 0. The molecule has 0 fully saturated rings. The van der Waals surface area contributed by atoms with Crippen molar-refractivity contribution in [3.05, 3.63) is 40.0 Å². The second-order valence-corrected chi connectivity index (χ2v) is 4.46. The van der Waals surface area contributed by atoms with Gasteiger partial charge < -0.3 is 15.2 Å². The van der Waals surface area contributed by atoms with Crippen LogP contribution in [-0.4, -0.2) is 28.2 Å². The predicted molar refractivity (Wildman–Crippen MR) is 78.5 cm³/mol. The Bertz CT molecular complexity index is 626. The summed E-state index contributed by atoms with van der Waals surface area (Å²) in [5.41, 5.74) is 1.44. The fourth-order valence-electron chi connectivity index (χ4n) is 1.89. The highest BCUT2D eigenvalue weighted by molar-refractivity contribution is 5.63. The maximum Gasteiger partial charge on any atom is 0.273 e. The standard InChI is InChI=1S/C13H17N5O3/c1-3-14-10-6-11(8-12(7-10)18(19)20)15-5-4-13-16-9(2)21-17-13/h6-8,14-15H,3-5H2,1-2H3. The molecular weight excluding hydrogens is 274 g/mol. The molecule has 0 atom stereocenters. The molecular formula is C13H17N5O3. The third-order valence-electron chi connectivity index (χ3n) is 2.76. The lowest BCUT2D eigenvalue weighted by Crippen LogP contribution is -2.07. The number of nitrogens with one attached hydrogen (secondary N) is 2. The summed E-state index contributed by atoms with van der Waals surface area (Å²) in [6.07, 6.45) is 0.580. The van der Waals surface area contributed by atoms with Crippen LogP contribution in [0.3, 0.4) is 0 Å². The first-order valence-electron chi connectivity index (χ1n) is 6.65. The maximum atomic E-state index is 10.9. The molecule has 0 radical (unpaired) electrons. The quantitative estimate of drug-likeness (QED) is 0.595. The van der Waals surface area contributed by atoms with Gasteiger partial charge in [-0.25, -0.2) is 0 Å². The van der Waals surface area contributed by atoms with Crippen LogP contribution in [0.25, 0.3) is 0 Å². The average Bonchev–Trinajstić information content (AvgIpc) is 2.84. The lowest BCUT2D eigenvalue weighted by molar-refractivity contribution is -0.384. The van der Waals surface area contributed by atoms with Gasteiger partial charge in [0.2, 0.25) is 5.89 Å². The lowest BCUT2D eigenvalue weighted by Gasteiger charge is -2.08. The first-order chi connectivity index (χ1) is 10.1. The van der Waals surface area contributed by atoms with E-state index >= 15 is 0 Å². The largest absolute Gasteiger partial charge is 0.385 e. The van der Waals surface area contributed by atoms with E-state index in [-0.39, 0.29) is 5.69 Å². The van der Waals surface area contributed by atoms with Gasteiger partial charge in [-0.2, -0.15) is 4.98 Å². The second-order valence-electron chi connectivity index (χ2n) is 4.46. The molecule has 0 spiro atoms. The Hall–Kier alpha value is -2.64. The van der Waals surface area contributed by atoms with E-state index in [9.17, 15) is 10.1 Å². The van der Waals surface area contributed by atoms with Crippen molar-refractivity contribution in [2.45, 2.75) is 20.3 Å². The second kappa shape index (κ2) is 6.69. The molecule has 0 aliphatic heterocycles. The van der Waals surface area contributed by atoms with Crippen molar-refractivity contribution in [1.29, 1.82) is 0 Å². The van der Waals surface area contributed by atoms with Gasteiger partial charge in [0, 0.05) is 49.9 Å². The number of aromatic nitrogens is 2. The Kier molecular flexibility index (Phi) is 4.70. The third-order valence-corrected chi connectivity index (χ3v) is 2.76.